The fourth-order valence-corrected chi connectivity index (χ4v) is 1.89. The van der Waals surface area contributed by atoms with Crippen LogP contribution in [-0.2, 0) is 14.3 Å². The highest BCUT2D eigenvalue weighted by molar-refractivity contribution is 6.34. The van der Waals surface area contributed by atoms with Crippen LogP contribution in [0.1, 0.15) is 18.9 Å². The minimum Gasteiger partial charge on any atom is -0.466 e. The van der Waals surface area contributed by atoms with Crippen molar-refractivity contribution < 1.29 is 14.3 Å². The van der Waals surface area contributed by atoms with Gasteiger partial charge in [0.2, 0.25) is 5.91 Å². The van der Waals surface area contributed by atoms with Crippen LogP contribution < -0.4 is 0 Å². The summed E-state index contributed by atoms with van der Waals surface area (Å²) >= 11 is 11.9. The van der Waals surface area contributed by atoms with Gasteiger partial charge >= 0.3 is 5.97 Å². The molecule has 0 aromatic heterocycles. The van der Waals surface area contributed by atoms with Crippen LogP contribution in [0, 0.1) is 0 Å². The lowest BCUT2D eigenvalue weighted by Crippen LogP contribution is -2.27. The van der Waals surface area contributed by atoms with Crippen molar-refractivity contribution in [1.82, 2.24) is 4.90 Å². The molecule has 0 aliphatic carbocycles. The van der Waals surface area contributed by atoms with E-state index < -0.39 is 0 Å². The van der Waals surface area contributed by atoms with Gasteiger partial charge in [0.25, 0.3) is 0 Å². The Hall–Kier alpha value is -1.52. The first-order valence-electron chi connectivity index (χ1n) is 6.48. The van der Waals surface area contributed by atoms with E-state index in [1.54, 1.807) is 38.2 Å². The van der Waals surface area contributed by atoms with Crippen molar-refractivity contribution in [2.75, 3.05) is 20.2 Å². The van der Waals surface area contributed by atoms with E-state index in [2.05, 4.69) is 0 Å². The first-order valence-corrected chi connectivity index (χ1v) is 7.23. The number of carbonyl (C=O) groups is 2. The number of esters is 1. The van der Waals surface area contributed by atoms with Gasteiger partial charge in [-0.25, -0.2) is 0 Å². The predicted octanol–water partition coefficient (Wildman–Crippen LogP) is 3.42. The zero-order chi connectivity index (χ0) is 15.8. The molecule has 0 unspecified atom stereocenters. The lowest BCUT2D eigenvalue weighted by atomic mass is 10.2. The van der Waals surface area contributed by atoms with Crippen LogP contribution in [0.4, 0.5) is 0 Å². The lowest BCUT2D eigenvalue weighted by Gasteiger charge is -2.14. The summed E-state index contributed by atoms with van der Waals surface area (Å²) < 4.78 is 4.80. The number of amides is 1. The van der Waals surface area contributed by atoms with Gasteiger partial charge in [-0.05, 0) is 36.8 Å². The third-order valence-corrected chi connectivity index (χ3v) is 3.28. The van der Waals surface area contributed by atoms with E-state index in [9.17, 15) is 9.59 Å². The molecular formula is C15H17Cl2NO3. The maximum atomic E-state index is 11.9. The molecule has 0 N–H and O–H groups in total. The fraction of sp³-hybridized carbons (Fsp3) is 0.333. The molecule has 1 aromatic rings. The lowest BCUT2D eigenvalue weighted by molar-refractivity contribution is -0.143. The maximum Gasteiger partial charge on any atom is 0.307 e. The number of hydrogen-bond donors (Lipinski definition) is 0. The molecular weight excluding hydrogens is 313 g/mol. The highest BCUT2D eigenvalue weighted by Gasteiger charge is 2.09. The van der Waals surface area contributed by atoms with Crippen LogP contribution in [-0.4, -0.2) is 37.0 Å². The van der Waals surface area contributed by atoms with Gasteiger partial charge in [0, 0.05) is 29.7 Å². The van der Waals surface area contributed by atoms with E-state index in [-0.39, 0.29) is 18.3 Å². The average molecular weight is 330 g/mol. The van der Waals surface area contributed by atoms with Crippen LogP contribution in [0.15, 0.2) is 24.3 Å². The summed E-state index contributed by atoms with van der Waals surface area (Å²) in [4.78, 5) is 24.6. The molecule has 1 amide bonds. The molecule has 0 radical (unpaired) electrons. The Morgan fingerprint density at radius 1 is 1.33 bits per heavy atom. The normalized spacial score (nSPS) is 10.7. The van der Waals surface area contributed by atoms with Crippen molar-refractivity contribution in [1.29, 1.82) is 0 Å². The molecule has 0 saturated carbocycles. The second kappa shape index (κ2) is 8.70. The molecule has 0 spiro atoms. The van der Waals surface area contributed by atoms with E-state index in [1.165, 1.54) is 11.0 Å². The van der Waals surface area contributed by atoms with E-state index in [1.807, 2.05) is 0 Å². The summed E-state index contributed by atoms with van der Waals surface area (Å²) in [7, 11) is 1.62. The Kier molecular flexibility index (Phi) is 7.26. The van der Waals surface area contributed by atoms with Gasteiger partial charge in [0.05, 0.1) is 13.0 Å². The molecule has 0 aliphatic rings. The van der Waals surface area contributed by atoms with Gasteiger partial charge < -0.3 is 9.64 Å². The second-order valence-electron chi connectivity index (χ2n) is 4.31. The quantitative estimate of drug-likeness (QED) is 0.593. The second-order valence-corrected chi connectivity index (χ2v) is 5.16. The Morgan fingerprint density at radius 2 is 2.05 bits per heavy atom. The van der Waals surface area contributed by atoms with Crippen molar-refractivity contribution in [3.8, 4) is 0 Å². The van der Waals surface area contributed by atoms with Gasteiger partial charge in [-0.15, -0.1) is 0 Å². The third kappa shape index (κ3) is 6.19. The first kappa shape index (κ1) is 17.5. The maximum absolute atomic E-state index is 11.9. The fourth-order valence-electron chi connectivity index (χ4n) is 1.53. The summed E-state index contributed by atoms with van der Waals surface area (Å²) in [6.07, 6.45) is 3.15. The molecule has 4 nitrogen and oxygen atoms in total. The molecule has 1 aromatic carbocycles. The topological polar surface area (TPSA) is 46.6 Å². The number of carbonyl (C=O) groups excluding carboxylic acids is 2. The molecule has 0 saturated heterocycles. The molecule has 114 valence electrons. The highest BCUT2D eigenvalue weighted by Crippen LogP contribution is 2.21. The number of nitrogens with zero attached hydrogens (tertiary/aromatic N) is 1. The van der Waals surface area contributed by atoms with Crippen LogP contribution in [0.5, 0.6) is 0 Å². The van der Waals surface area contributed by atoms with Crippen LogP contribution in [0.3, 0.4) is 0 Å². The van der Waals surface area contributed by atoms with E-state index in [0.29, 0.717) is 28.8 Å². The molecule has 6 heteroatoms. The standard InChI is InChI=1S/C15H17Cl2NO3/c1-3-21-15(20)8-9-18(2)14(19)7-4-11-10-12(16)5-6-13(11)17/h4-7,10H,3,8-9H2,1-2H3. The van der Waals surface area contributed by atoms with E-state index in [4.69, 9.17) is 27.9 Å². The summed E-state index contributed by atoms with van der Waals surface area (Å²) in [6, 6.07) is 5.01. The van der Waals surface area contributed by atoms with Gasteiger partial charge in [-0.1, -0.05) is 23.2 Å². The molecule has 0 atom stereocenters. The molecule has 0 bridgehead atoms. The SMILES string of the molecule is CCOC(=O)CCN(C)C(=O)C=Cc1cc(Cl)ccc1Cl. The number of ether oxygens (including phenoxy) is 1. The summed E-state index contributed by atoms with van der Waals surface area (Å²) in [5.41, 5.74) is 0.663. The number of hydrogen-bond acceptors (Lipinski definition) is 3. The average Bonchev–Trinajstić information content (AvgIpc) is 2.45. The van der Waals surface area contributed by atoms with Crippen molar-refractivity contribution in [2.24, 2.45) is 0 Å². The number of halogens is 2. The largest absolute Gasteiger partial charge is 0.466 e. The smallest absolute Gasteiger partial charge is 0.307 e. The number of benzene rings is 1. The molecule has 0 aliphatic heterocycles. The summed E-state index contributed by atoms with van der Waals surface area (Å²) in [5, 5.41) is 1.06. The van der Waals surface area contributed by atoms with Crippen molar-refractivity contribution in [3.63, 3.8) is 0 Å². The molecule has 0 heterocycles. The monoisotopic (exact) mass is 329 g/mol. The van der Waals surface area contributed by atoms with Gasteiger partial charge in [0.15, 0.2) is 0 Å². The van der Waals surface area contributed by atoms with Crippen LogP contribution >= 0.6 is 23.2 Å². The highest BCUT2D eigenvalue weighted by atomic mass is 35.5. The number of likely N-dealkylation sites (N-methyl/N-ethyl adjacent to an activating group) is 1. The molecule has 1 rings (SSSR count). The van der Waals surface area contributed by atoms with Gasteiger partial charge in [-0.3, -0.25) is 9.59 Å². The Balaban J connectivity index is 2.57. The Labute approximate surface area is 134 Å². The third-order valence-electron chi connectivity index (χ3n) is 2.70. The number of rotatable bonds is 6. The molecule has 21 heavy (non-hydrogen) atoms. The van der Waals surface area contributed by atoms with Crippen molar-refractivity contribution in [3.05, 3.63) is 39.9 Å². The zero-order valence-corrected chi connectivity index (χ0v) is 13.4. The Bertz CT molecular complexity index is 544. The first-order chi connectivity index (χ1) is 9.93. The van der Waals surface area contributed by atoms with Crippen molar-refractivity contribution in [2.45, 2.75) is 13.3 Å². The minimum atomic E-state index is -0.320. The van der Waals surface area contributed by atoms with Gasteiger partial charge in [0.1, 0.15) is 0 Å². The summed E-state index contributed by atoms with van der Waals surface area (Å²) in [6.45, 7) is 2.37. The summed E-state index contributed by atoms with van der Waals surface area (Å²) in [5.74, 6) is -0.547. The minimum absolute atomic E-state index is 0.168. The molecule has 0 fully saturated rings. The van der Waals surface area contributed by atoms with Gasteiger partial charge in [-0.2, -0.15) is 0 Å². The van der Waals surface area contributed by atoms with E-state index >= 15 is 0 Å². The van der Waals surface area contributed by atoms with Crippen molar-refractivity contribution >= 4 is 41.2 Å². The zero-order valence-electron chi connectivity index (χ0n) is 11.9. The van der Waals surface area contributed by atoms with Crippen LogP contribution in [0.25, 0.3) is 6.08 Å². The van der Waals surface area contributed by atoms with E-state index in [0.717, 1.165) is 0 Å². The predicted molar refractivity (Wildman–Crippen MR) is 84.4 cm³/mol. The Morgan fingerprint density at radius 3 is 2.71 bits per heavy atom. The van der Waals surface area contributed by atoms with Crippen LogP contribution in [0.2, 0.25) is 10.0 Å².